The number of ether oxygens (including phenoxy) is 1. The van der Waals surface area contributed by atoms with E-state index in [1.54, 1.807) is 0 Å². The van der Waals surface area contributed by atoms with Gasteiger partial charge in [0, 0.05) is 51.3 Å². The third kappa shape index (κ3) is 7.06. The molecule has 0 bridgehead atoms. The van der Waals surface area contributed by atoms with Gasteiger partial charge in [-0.2, -0.15) is 0 Å². The molecule has 2 aliphatic rings. The number of likely N-dealkylation sites (tertiary alicyclic amines) is 2. The van der Waals surface area contributed by atoms with E-state index in [1.165, 1.54) is 5.56 Å². The second-order valence-corrected chi connectivity index (χ2v) is 9.01. The van der Waals surface area contributed by atoms with Crippen molar-refractivity contribution in [1.82, 2.24) is 15.1 Å². The number of nitrogens with one attached hydrogen (secondary N) is 1. The Hall–Kier alpha value is -2.86. The molecule has 176 valence electrons. The molecule has 6 nitrogen and oxygen atoms in total. The van der Waals surface area contributed by atoms with E-state index < -0.39 is 0 Å². The van der Waals surface area contributed by atoms with Crippen LogP contribution in [0.5, 0.6) is 5.75 Å². The van der Waals surface area contributed by atoms with E-state index in [2.05, 4.69) is 40.5 Å². The predicted molar refractivity (Wildman–Crippen MR) is 129 cm³/mol. The number of benzene rings is 2. The van der Waals surface area contributed by atoms with Crippen molar-refractivity contribution in [3.63, 3.8) is 0 Å². The van der Waals surface area contributed by atoms with Crippen LogP contribution in [0.4, 0.5) is 0 Å². The fourth-order valence-electron chi connectivity index (χ4n) is 4.57. The Bertz CT molecular complexity index is 893. The molecule has 2 aliphatic heterocycles. The maximum absolute atomic E-state index is 12.4. The SMILES string of the molecule is O=C(NCCCN1CCCC1=O)c1ccc(OC2CCN(CCc3ccccc3)CC2)cc1. The molecule has 2 fully saturated rings. The van der Waals surface area contributed by atoms with Crippen LogP contribution in [0.15, 0.2) is 54.6 Å². The van der Waals surface area contributed by atoms with Crippen LogP contribution in [0.1, 0.15) is 48.0 Å². The van der Waals surface area contributed by atoms with Gasteiger partial charge in [0.25, 0.3) is 5.91 Å². The molecule has 1 N–H and O–H groups in total. The minimum absolute atomic E-state index is 0.0824. The average Bonchev–Trinajstić information content (AvgIpc) is 3.27. The Morgan fingerprint density at radius 1 is 0.970 bits per heavy atom. The van der Waals surface area contributed by atoms with Gasteiger partial charge in [-0.15, -0.1) is 0 Å². The third-order valence-corrected chi connectivity index (χ3v) is 6.58. The second kappa shape index (κ2) is 11.8. The Morgan fingerprint density at radius 3 is 2.42 bits per heavy atom. The smallest absolute Gasteiger partial charge is 0.251 e. The Labute approximate surface area is 196 Å². The summed E-state index contributed by atoms with van der Waals surface area (Å²) in [6.45, 7) is 5.35. The molecule has 2 aromatic carbocycles. The summed E-state index contributed by atoms with van der Waals surface area (Å²) in [4.78, 5) is 28.4. The summed E-state index contributed by atoms with van der Waals surface area (Å²) < 4.78 is 6.17. The van der Waals surface area contributed by atoms with E-state index in [1.807, 2.05) is 29.2 Å². The minimum atomic E-state index is -0.0824. The van der Waals surface area contributed by atoms with Gasteiger partial charge in [0.1, 0.15) is 11.9 Å². The predicted octanol–water partition coefficient (Wildman–Crippen LogP) is 3.51. The lowest BCUT2D eigenvalue weighted by atomic mass is 10.1. The Kier molecular flexibility index (Phi) is 8.36. The van der Waals surface area contributed by atoms with E-state index >= 15 is 0 Å². The zero-order valence-electron chi connectivity index (χ0n) is 19.4. The summed E-state index contributed by atoms with van der Waals surface area (Å²) in [5.41, 5.74) is 2.03. The maximum Gasteiger partial charge on any atom is 0.251 e. The summed E-state index contributed by atoms with van der Waals surface area (Å²) in [5, 5.41) is 2.94. The quantitative estimate of drug-likeness (QED) is 0.564. The van der Waals surface area contributed by atoms with Crippen molar-refractivity contribution >= 4 is 11.8 Å². The summed E-state index contributed by atoms with van der Waals surface area (Å²) in [7, 11) is 0. The van der Waals surface area contributed by atoms with Crippen molar-refractivity contribution in [2.75, 3.05) is 39.3 Å². The molecule has 0 atom stereocenters. The molecule has 2 amide bonds. The number of rotatable bonds is 10. The fraction of sp³-hybridized carbons (Fsp3) is 0.481. The molecule has 2 saturated heterocycles. The third-order valence-electron chi connectivity index (χ3n) is 6.58. The Morgan fingerprint density at radius 2 is 1.73 bits per heavy atom. The summed E-state index contributed by atoms with van der Waals surface area (Å²) in [6.07, 6.45) is 5.76. The molecule has 0 radical (unpaired) electrons. The van der Waals surface area contributed by atoms with Crippen molar-refractivity contribution in [3.8, 4) is 5.75 Å². The molecule has 0 saturated carbocycles. The van der Waals surface area contributed by atoms with E-state index in [9.17, 15) is 9.59 Å². The first-order chi connectivity index (χ1) is 16.2. The fourth-order valence-corrected chi connectivity index (χ4v) is 4.57. The van der Waals surface area contributed by atoms with Crippen molar-refractivity contribution in [2.24, 2.45) is 0 Å². The number of carbonyl (C=O) groups excluding carboxylic acids is 2. The van der Waals surface area contributed by atoms with Gasteiger partial charge >= 0.3 is 0 Å². The number of carbonyl (C=O) groups is 2. The normalized spacial score (nSPS) is 17.3. The minimum Gasteiger partial charge on any atom is -0.490 e. The summed E-state index contributed by atoms with van der Waals surface area (Å²) in [5.74, 6) is 0.970. The molecule has 0 spiro atoms. The highest BCUT2D eigenvalue weighted by molar-refractivity contribution is 5.94. The van der Waals surface area contributed by atoms with E-state index in [0.717, 1.165) is 70.6 Å². The van der Waals surface area contributed by atoms with Gasteiger partial charge in [-0.1, -0.05) is 30.3 Å². The number of nitrogens with zero attached hydrogens (tertiary/aromatic N) is 2. The maximum atomic E-state index is 12.4. The van der Waals surface area contributed by atoms with Crippen LogP contribution in [0, 0.1) is 0 Å². The lowest BCUT2D eigenvalue weighted by Crippen LogP contribution is -2.39. The van der Waals surface area contributed by atoms with Crippen LogP contribution in [0.3, 0.4) is 0 Å². The molecule has 0 aromatic heterocycles. The average molecular weight is 450 g/mol. The van der Waals surface area contributed by atoms with Crippen molar-refractivity contribution in [3.05, 3.63) is 65.7 Å². The summed E-state index contributed by atoms with van der Waals surface area (Å²) in [6, 6.07) is 18.1. The highest BCUT2D eigenvalue weighted by Crippen LogP contribution is 2.20. The van der Waals surface area contributed by atoms with Crippen LogP contribution in [-0.4, -0.2) is 67.0 Å². The molecule has 6 heteroatoms. The van der Waals surface area contributed by atoms with Gasteiger partial charge in [-0.05, 0) is 61.9 Å². The monoisotopic (exact) mass is 449 g/mol. The molecule has 33 heavy (non-hydrogen) atoms. The molecule has 0 aliphatic carbocycles. The first kappa shape index (κ1) is 23.3. The first-order valence-electron chi connectivity index (χ1n) is 12.3. The van der Waals surface area contributed by atoms with Crippen LogP contribution in [0.2, 0.25) is 0 Å². The van der Waals surface area contributed by atoms with Gasteiger partial charge < -0.3 is 19.9 Å². The van der Waals surface area contributed by atoms with Crippen LogP contribution in [0.25, 0.3) is 0 Å². The second-order valence-electron chi connectivity index (χ2n) is 9.01. The standard InChI is InChI=1S/C27H35N3O3/c31-26-8-4-17-30(26)18-5-16-28-27(32)23-9-11-24(12-10-23)33-25-14-20-29(21-15-25)19-13-22-6-2-1-3-7-22/h1-3,6-7,9-12,25H,4-5,8,13-21H2,(H,28,32). The Balaban J connectivity index is 1.13. The molecular formula is C27H35N3O3. The van der Waals surface area contributed by atoms with Crippen molar-refractivity contribution in [2.45, 2.75) is 44.6 Å². The highest BCUT2D eigenvalue weighted by atomic mass is 16.5. The number of hydrogen-bond acceptors (Lipinski definition) is 4. The van der Waals surface area contributed by atoms with E-state index in [4.69, 9.17) is 4.74 Å². The number of amides is 2. The molecular weight excluding hydrogens is 414 g/mol. The largest absolute Gasteiger partial charge is 0.490 e. The zero-order chi connectivity index (χ0) is 22.9. The van der Waals surface area contributed by atoms with Crippen LogP contribution in [-0.2, 0) is 11.2 Å². The van der Waals surface area contributed by atoms with Crippen LogP contribution >= 0.6 is 0 Å². The lowest BCUT2D eigenvalue weighted by molar-refractivity contribution is -0.127. The highest BCUT2D eigenvalue weighted by Gasteiger charge is 2.21. The molecule has 2 aromatic rings. The van der Waals surface area contributed by atoms with E-state index in [-0.39, 0.29) is 17.9 Å². The van der Waals surface area contributed by atoms with Gasteiger partial charge in [-0.25, -0.2) is 0 Å². The number of piperidine rings is 1. The zero-order valence-corrected chi connectivity index (χ0v) is 19.4. The molecule has 4 rings (SSSR count). The van der Waals surface area contributed by atoms with E-state index in [0.29, 0.717) is 18.5 Å². The van der Waals surface area contributed by atoms with Crippen LogP contribution < -0.4 is 10.1 Å². The first-order valence-corrected chi connectivity index (χ1v) is 12.3. The van der Waals surface area contributed by atoms with Gasteiger partial charge in [-0.3, -0.25) is 9.59 Å². The van der Waals surface area contributed by atoms with Gasteiger partial charge in [0.05, 0.1) is 0 Å². The van der Waals surface area contributed by atoms with Crippen molar-refractivity contribution in [1.29, 1.82) is 0 Å². The van der Waals surface area contributed by atoms with Gasteiger partial charge in [0.2, 0.25) is 5.91 Å². The molecule has 2 heterocycles. The topological polar surface area (TPSA) is 61.9 Å². The van der Waals surface area contributed by atoms with Crippen molar-refractivity contribution < 1.29 is 14.3 Å². The molecule has 0 unspecified atom stereocenters. The number of hydrogen-bond donors (Lipinski definition) is 1. The lowest BCUT2D eigenvalue weighted by Gasteiger charge is -2.32. The van der Waals surface area contributed by atoms with Gasteiger partial charge in [0.15, 0.2) is 0 Å². The summed E-state index contributed by atoms with van der Waals surface area (Å²) >= 11 is 0.